The van der Waals surface area contributed by atoms with Crippen molar-refractivity contribution < 1.29 is 9.59 Å². The summed E-state index contributed by atoms with van der Waals surface area (Å²) in [5.41, 5.74) is 4.65. The van der Waals surface area contributed by atoms with Crippen LogP contribution in [0.2, 0.25) is 0 Å². The van der Waals surface area contributed by atoms with E-state index in [1.165, 1.54) is 5.56 Å². The summed E-state index contributed by atoms with van der Waals surface area (Å²) in [4.78, 5) is 30.0. The van der Waals surface area contributed by atoms with E-state index < -0.39 is 0 Å². The first-order valence-electron chi connectivity index (χ1n) is 8.76. The van der Waals surface area contributed by atoms with Crippen LogP contribution in [0.5, 0.6) is 0 Å². The number of para-hydroxylation sites is 1. The zero-order valence-corrected chi connectivity index (χ0v) is 14.9. The highest BCUT2D eigenvalue weighted by Gasteiger charge is 2.36. The zero-order chi connectivity index (χ0) is 18.3. The number of likely N-dealkylation sites (tertiary alicyclic amines) is 1. The lowest BCUT2D eigenvalue weighted by Crippen LogP contribution is -2.54. The SMILES string of the molecule is Cc1ccc(NC(=O)C2CN(C(=O)c3c[nH]c4ccccc34)C2)c(C)c1. The summed E-state index contributed by atoms with van der Waals surface area (Å²) in [6, 6.07) is 13.7. The van der Waals surface area contributed by atoms with Crippen LogP contribution >= 0.6 is 0 Å². The van der Waals surface area contributed by atoms with Crippen molar-refractivity contribution in [2.75, 3.05) is 18.4 Å². The van der Waals surface area contributed by atoms with E-state index >= 15 is 0 Å². The molecule has 3 aromatic rings. The van der Waals surface area contributed by atoms with E-state index in [1.807, 2.05) is 56.3 Å². The average molecular weight is 347 g/mol. The topological polar surface area (TPSA) is 65.2 Å². The Kier molecular flexibility index (Phi) is 3.99. The summed E-state index contributed by atoms with van der Waals surface area (Å²) in [5, 5.41) is 3.90. The monoisotopic (exact) mass is 347 g/mol. The fraction of sp³-hybridized carbons (Fsp3) is 0.238. The number of aromatic nitrogens is 1. The second kappa shape index (κ2) is 6.33. The fourth-order valence-electron chi connectivity index (χ4n) is 3.42. The molecular weight excluding hydrogens is 326 g/mol. The number of carbonyl (C=O) groups excluding carboxylic acids is 2. The molecule has 0 atom stereocenters. The van der Waals surface area contributed by atoms with Gasteiger partial charge in [0.25, 0.3) is 5.91 Å². The normalized spacial score (nSPS) is 14.3. The van der Waals surface area contributed by atoms with Gasteiger partial charge < -0.3 is 15.2 Å². The van der Waals surface area contributed by atoms with Gasteiger partial charge in [0, 0.05) is 35.9 Å². The first-order valence-corrected chi connectivity index (χ1v) is 8.76. The predicted octanol–water partition coefficient (Wildman–Crippen LogP) is 3.50. The number of nitrogens with one attached hydrogen (secondary N) is 2. The Balaban J connectivity index is 1.40. The Hall–Kier alpha value is -3.08. The largest absolute Gasteiger partial charge is 0.360 e. The van der Waals surface area contributed by atoms with Gasteiger partial charge in [-0.1, -0.05) is 35.9 Å². The zero-order valence-electron chi connectivity index (χ0n) is 14.9. The molecule has 0 unspecified atom stereocenters. The lowest BCUT2D eigenvalue weighted by atomic mass is 9.97. The molecule has 1 aliphatic rings. The molecule has 0 bridgehead atoms. The van der Waals surface area contributed by atoms with Crippen molar-refractivity contribution in [2.45, 2.75) is 13.8 Å². The number of rotatable bonds is 3. The Labute approximate surface area is 152 Å². The van der Waals surface area contributed by atoms with Gasteiger partial charge in [-0.25, -0.2) is 0 Å². The van der Waals surface area contributed by atoms with E-state index in [2.05, 4.69) is 10.3 Å². The van der Waals surface area contributed by atoms with Crippen LogP contribution < -0.4 is 5.32 Å². The quantitative estimate of drug-likeness (QED) is 0.762. The first kappa shape index (κ1) is 16.4. The Bertz CT molecular complexity index is 999. The van der Waals surface area contributed by atoms with Crippen LogP contribution in [-0.4, -0.2) is 34.8 Å². The molecule has 1 aromatic heterocycles. The van der Waals surface area contributed by atoms with Gasteiger partial charge in [-0.2, -0.15) is 0 Å². The lowest BCUT2D eigenvalue weighted by Gasteiger charge is -2.38. The molecule has 1 fully saturated rings. The second-order valence-electron chi connectivity index (χ2n) is 6.96. The summed E-state index contributed by atoms with van der Waals surface area (Å²) in [6.07, 6.45) is 1.75. The molecule has 0 saturated carbocycles. The number of hydrogen-bond acceptors (Lipinski definition) is 2. The number of carbonyl (C=O) groups is 2. The number of benzene rings is 2. The van der Waals surface area contributed by atoms with Crippen molar-refractivity contribution >= 4 is 28.4 Å². The third-order valence-electron chi connectivity index (χ3n) is 5.00. The van der Waals surface area contributed by atoms with Crippen molar-refractivity contribution in [3.8, 4) is 0 Å². The van der Waals surface area contributed by atoms with Crippen molar-refractivity contribution in [1.82, 2.24) is 9.88 Å². The third-order valence-corrected chi connectivity index (χ3v) is 5.00. The van der Waals surface area contributed by atoms with Crippen molar-refractivity contribution in [2.24, 2.45) is 5.92 Å². The maximum atomic E-state index is 12.7. The molecule has 132 valence electrons. The molecule has 2 N–H and O–H groups in total. The number of aryl methyl sites for hydroxylation is 2. The summed E-state index contributed by atoms with van der Waals surface area (Å²) < 4.78 is 0. The van der Waals surface area contributed by atoms with Gasteiger partial charge in [0.2, 0.25) is 5.91 Å². The summed E-state index contributed by atoms with van der Waals surface area (Å²) >= 11 is 0. The Morgan fingerprint density at radius 2 is 1.88 bits per heavy atom. The second-order valence-corrected chi connectivity index (χ2v) is 6.96. The molecule has 1 aliphatic heterocycles. The van der Waals surface area contributed by atoms with E-state index in [0.29, 0.717) is 18.7 Å². The van der Waals surface area contributed by atoms with Gasteiger partial charge in [-0.3, -0.25) is 9.59 Å². The highest BCUT2D eigenvalue weighted by Crippen LogP contribution is 2.25. The van der Waals surface area contributed by atoms with Crippen molar-refractivity contribution in [3.63, 3.8) is 0 Å². The van der Waals surface area contributed by atoms with Crippen LogP contribution in [-0.2, 0) is 4.79 Å². The maximum absolute atomic E-state index is 12.7. The Morgan fingerprint density at radius 3 is 2.65 bits per heavy atom. The minimum Gasteiger partial charge on any atom is -0.360 e. The highest BCUT2D eigenvalue weighted by molar-refractivity contribution is 6.07. The van der Waals surface area contributed by atoms with Crippen LogP contribution in [0, 0.1) is 19.8 Å². The molecule has 5 heteroatoms. The van der Waals surface area contributed by atoms with Crippen LogP contribution in [0.25, 0.3) is 10.9 Å². The molecule has 4 rings (SSSR count). The number of anilines is 1. The van der Waals surface area contributed by atoms with Gasteiger partial charge >= 0.3 is 0 Å². The van der Waals surface area contributed by atoms with E-state index in [9.17, 15) is 9.59 Å². The molecule has 1 saturated heterocycles. The Morgan fingerprint density at radius 1 is 1.12 bits per heavy atom. The molecule has 2 amide bonds. The number of amides is 2. The molecule has 2 heterocycles. The molecule has 0 spiro atoms. The number of nitrogens with zero attached hydrogens (tertiary/aromatic N) is 1. The third kappa shape index (κ3) is 2.86. The first-order chi connectivity index (χ1) is 12.5. The van der Waals surface area contributed by atoms with Gasteiger partial charge in [0.1, 0.15) is 0 Å². The minimum absolute atomic E-state index is 0.0278. The fourth-order valence-corrected chi connectivity index (χ4v) is 3.42. The standard InChI is InChI=1S/C21H21N3O2/c1-13-7-8-18(14(2)9-13)23-20(25)15-11-24(12-15)21(26)17-10-22-19-6-4-3-5-16(17)19/h3-10,15,22H,11-12H2,1-2H3,(H,23,25). The summed E-state index contributed by atoms with van der Waals surface area (Å²) in [5.74, 6) is -0.220. The van der Waals surface area contributed by atoms with Gasteiger partial charge in [0.15, 0.2) is 0 Å². The van der Waals surface area contributed by atoms with E-state index in [-0.39, 0.29) is 17.7 Å². The minimum atomic E-state index is -0.162. The van der Waals surface area contributed by atoms with Gasteiger partial charge in [-0.15, -0.1) is 0 Å². The number of hydrogen-bond donors (Lipinski definition) is 2. The summed E-state index contributed by atoms with van der Waals surface area (Å²) in [7, 11) is 0. The van der Waals surface area contributed by atoms with Gasteiger partial charge in [-0.05, 0) is 31.5 Å². The van der Waals surface area contributed by atoms with Crippen LogP contribution in [0.4, 0.5) is 5.69 Å². The average Bonchev–Trinajstić information content (AvgIpc) is 3.00. The maximum Gasteiger partial charge on any atom is 0.256 e. The molecule has 0 radical (unpaired) electrons. The number of aromatic amines is 1. The number of fused-ring (bicyclic) bond motifs is 1. The molecule has 2 aromatic carbocycles. The van der Waals surface area contributed by atoms with E-state index in [4.69, 9.17) is 0 Å². The van der Waals surface area contributed by atoms with Crippen LogP contribution in [0.3, 0.4) is 0 Å². The highest BCUT2D eigenvalue weighted by atomic mass is 16.2. The van der Waals surface area contributed by atoms with E-state index in [1.54, 1.807) is 11.1 Å². The van der Waals surface area contributed by atoms with Crippen molar-refractivity contribution in [1.29, 1.82) is 0 Å². The van der Waals surface area contributed by atoms with Crippen molar-refractivity contribution in [3.05, 3.63) is 65.4 Å². The predicted molar refractivity (Wildman–Crippen MR) is 102 cm³/mol. The molecule has 5 nitrogen and oxygen atoms in total. The van der Waals surface area contributed by atoms with E-state index in [0.717, 1.165) is 22.2 Å². The number of H-pyrrole nitrogens is 1. The molecular formula is C21H21N3O2. The van der Waals surface area contributed by atoms with Crippen LogP contribution in [0.1, 0.15) is 21.5 Å². The molecule has 0 aliphatic carbocycles. The lowest BCUT2D eigenvalue weighted by molar-refractivity contribution is -0.123. The summed E-state index contributed by atoms with van der Waals surface area (Å²) in [6.45, 7) is 4.92. The van der Waals surface area contributed by atoms with Gasteiger partial charge in [0.05, 0.1) is 11.5 Å². The van der Waals surface area contributed by atoms with Crippen LogP contribution in [0.15, 0.2) is 48.7 Å². The smallest absolute Gasteiger partial charge is 0.256 e. The molecule has 26 heavy (non-hydrogen) atoms.